The molecule has 0 bridgehead atoms. The minimum Gasteiger partial charge on any atom is -0.508 e. The Kier molecular flexibility index (Phi) is 11.9. The summed E-state index contributed by atoms with van der Waals surface area (Å²) < 4.78 is 0. The van der Waals surface area contributed by atoms with Crippen molar-refractivity contribution in [3.05, 3.63) is 65.7 Å². The monoisotopic (exact) mass is 540 g/mol. The number of phenolic OH excluding ortho intramolecular Hbond substituents is 1. The Labute approximate surface area is 229 Å². The lowest BCUT2D eigenvalue weighted by molar-refractivity contribution is -0.142. The van der Waals surface area contributed by atoms with Crippen molar-refractivity contribution in [2.45, 2.75) is 71.1 Å². The molecule has 0 aromatic heterocycles. The summed E-state index contributed by atoms with van der Waals surface area (Å²) in [7, 11) is 0. The highest BCUT2D eigenvalue weighted by molar-refractivity contribution is 5.94. The number of carboxylic acid groups (broad SMARTS) is 1. The number of amides is 3. The number of carbonyl (C=O) groups excluding carboxylic acids is 3. The van der Waals surface area contributed by atoms with Crippen LogP contribution in [0.4, 0.5) is 0 Å². The standard InChI is InChI=1S/C29H40N4O6/c1-17(2)14-22(26(35)33-24(29(38)39)16-20-10-12-21(34)13-11-20)31-27(36)23(15-19-8-6-5-7-9-19)32-28(37)25(30)18(3)4/h5-13,17-18,22-25,34H,14-16,30H2,1-4H3,(H,31,36)(H,32,37)(H,33,35)(H,38,39). The van der Waals surface area contributed by atoms with E-state index in [0.717, 1.165) is 5.56 Å². The Morgan fingerprint density at radius 2 is 1.21 bits per heavy atom. The van der Waals surface area contributed by atoms with Crippen LogP contribution in [0, 0.1) is 11.8 Å². The van der Waals surface area contributed by atoms with Gasteiger partial charge in [0.2, 0.25) is 17.7 Å². The van der Waals surface area contributed by atoms with Gasteiger partial charge in [0.25, 0.3) is 0 Å². The zero-order valence-corrected chi connectivity index (χ0v) is 22.9. The van der Waals surface area contributed by atoms with Crippen LogP contribution in [0.5, 0.6) is 5.75 Å². The van der Waals surface area contributed by atoms with E-state index < -0.39 is 47.9 Å². The van der Waals surface area contributed by atoms with Crippen LogP contribution in [0.3, 0.4) is 0 Å². The molecule has 0 spiro atoms. The number of aromatic hydroxyl groups is 1. The van der Waals surface area contributed by atoms with Crippen molar-refractivity contribution in [1.29, 1.82) is 0 Å². The maximum absolute atomic E-state index is 13.4. The SMILES string of the molecule is CC(C)CC(NC(=O)C(Cc1ccccc1)NC(=O)C(N)C(C)C)C(=O)NC(Cc1ccc(O)cc1)C(=O)O. The molecule has 4 unspecified atom stereocenters. The second-order valence-corrected chi connectivity index (χ2v) is 10.5. The van der Waals surface area contributed by atoms with Gasteiger partial charge < -0.3 is 31.9 Å². The first-order chi connectivity index (χ1) is 18.4. The van der Waals surface area contributed by atoms with Gasteiger partial charge in [-0.25, -0.2) is 4.79 Å². The summed E-state index contributed by atoms with van der Waals surface area (Å²) in [6.45, 7) is 7.36. The molecule has 0 fully saturated rings. The summed E-state index contributed by atoms with van der Waals surface area (Å²) in [6.07, 6.45) is 0.419. The average molecular weight is 541 g/mol. The molecule has 10 heteroatoms. The molecule has 2 aromatic carbocycles. The normalized spacial score (nSPS) is 14.2. The van der Waals surface area contributed by atoms with Gasteiger partial charge in [-0.2, -0.15) is 0 Å². The second kappa shape index (κ2) is 14.9. The lowest BCUT2D eigenvalue weighted by Crippen LogP contribution is -2.58. The van der Waals surface area contributed by atoms with Gasteiger partial charge in [-0.1, -0.05) is 70.2 Å². The summed E-state index contributed by atoms with van der Waals surface area (Å²) in [4.78, 5) is 51.3. The molecule has 3 amide bonds. The van der Waals surface area contributed by atoms with Crippen LogP contribution in [0.2, 0.25) is 0 Å². The molecule has 0 aliphatic carbocycles. The molecule has 2 rings (SSSR count). The number of phenols is 1. The highest BCUT2D eigenvalue weighted by Gasteiger charge is 2.31. The van der Waals surface area contributed by atoms with Gasteiger partial charge in [-0.05, 0) is 41.5 Å². The zero-order valence-electron chi connectivity index (χ0n) is 22.9. The van der Waals surface area contributed by atoms with Crippen molar-refractivity contribution in [2.75, 3.05) is 0 Å². The van der Waals surface area contributed by atoms with Gasteiger partial charge in [0.1, 0.15) is 23.9 Å². The number of nitrogens with two attached hydrogens (primary N) is 1. The molecule has 39 heavy (non-hydrogen) atoms. The minimum absolute atomic E-state index is 0.00189. The molecule has 0 heterocycles. The third-order valence-electron chi connectivity index (χ3n) is 6.27. The number of nitrogens with one attached hydrogen (secondary N) is 3. The largest absolute Gasteiger partial charge is 0.508 e. The van der Waals surface area contributed by atoms with Gasteiger partial charge in [0.05, 0.1) is 6.04 Å². The molecular formula is C29H40N4O6. The molecule has 0 saturated carbocycles. The number of rotatable bonds is 14. The summed E-state index contributed by atoms with van der Waals surface area (Å²) in [5.41, 5.74) is 7.41. The fourth-order valence-electron chi connectivity index (χ4n) is 3.95. The maximum Gasteiger partial charge on any atom is 0.326 e. The third kappa shape index (κ3) is 10.4. The number of hydrogen-bond acceptors (Lipinski definition) is 6. The summed E-state index contributed by atoms with van der Waals surface area (Å²) in [5, 5.41) is 27.2. The van der Waals surface area contributed by atoms with Crippen LogP contribution < -0.4 is 21.7 Å². The van der Waals surface area contributed by atoms with Crippen molar-refractivity contribution in [3.63, 3.8) is 0 Å². The highest BCUT2D eigenvalue weighted by atomic mass is 16.4. The number of aliphatic carboxylic acids is 1. The number of benzene rings is 2. The van der Waals surface area contributed by atoms with E-state index in [9.17, 15) is 29.4 Å². The Balaban J connectivity index is 2.22. The van der Waals surface area contributed by atoms with Gasteiger partial charge in [-0.15, -0.1) is 0 Å². The van der Waals surface area contributed by atoms with Crippen LogP contribution in [0.1, 0.15) is 45.2 Å². The van der Waals surface area contributed by atoms with E-state index >= 15 is 0 Å². The maximum atomic E-state index is 13.4. The second-order valence-electron chi connectivity index (χ2n) is 10.5. The number of carbonyl (C=O) groups is 4. The Bertz CT molecular complexity index is 1100. The lowest BCUT2D eigenvalue weighted by atomic mass is 9.99. The smallest absolute Gasteiger partial charge is 0.326 e. The van der Waals surface area contributed by atoms with Crippen molar-refractivity contribution in [1.82, 2.24) is 16.0 Å². The van der Waals surface area contributed by atoms with E-state index in [2.05, 4.69) is 16.0 Å². The topological polar surface area (TPSA) is 171 Å². The van der Waals surface area contributed by atoms with Crippen molar-refractivity contribution < 1.29 is 29.4 Å². The molecule has 0 aliphatic heterocycles. The van der Waals surface area contributed by atoms with Crippen LogP contribution in [0.25, 0.3) is 0 Å². The highest BCUT2D eigenvalue weighted by Crippen LogP contribution is 2.13. The average Bonchev–Trinajstić information content (AvgIpc) is 2.88. The van der Waals surface area contributed by atoms with Crippen molar-refractivity contribution >= 4 is 23.7 Å². The van der Waals surface area contributed by atoms with Crippen LogP contribution in [-0.4, -0.2) is 58.1 Å². The molecule has 0 saturated heterocycles. The molecular weight excluding hydrogens is 500 g/mol. The van der Waals surface area contributed by atoms with E-state index in [-0.39, 0.29) is 36.8 Å². The van der Waals surface area contributed by atoms with Gasteiger partial charge in [0, 0.05) is 12.8 Å². The minimum atomic E-state index is -1.25. The predicted molar refractivity (Wildman–Crippen MR) is 148 cm³/mol. The molecule has 0 radical (unpaired) electrons. The first-order valence-corrected chi connectivity index (χ1v) is 13.1. The first kappa shape index (κ1) is 31.3. The van der Waals surface area contributed by atoms with Gasteiger partial charge in [-0.3, -0.25) is 14.4 Å². The fourth-order valence-corrected chi connectivity index (χ4v) is 3.95. The first-order valence-electron chi connectivity index (χ1n) is 13.1. The van der Waals surface area contributed by atoms with Gasteiger partial charge in [0.15, 0.2) is 0 Å². The quantitative estimate of drug-likeness (QED) is 0.212. The van der Waals surface area contributed by atoms with E-state index in [1.165, 1.54) is 12.1 Å². The molecule has 0 aliphatic rings. The Morgan fingerprint density at radius 1 is 0.718 bits per heavy atom. The fraction of sp³-hybridized carbons (Fsp3) is 0.448. The summed E-state index contributed by atoms with van der Waals surface area (Å²) in [6, 6.07) is 11.0. The Hall–Kier alpha value is -3.92. The van der Waals surface area contributed by atoms with Gasteiger partial charge >= 0.3 is 5.97 Å². The predicted octanol–water partition coefficient (Wildman–Crippen LogP) is 1.75. The van der Waals surface area contributed by atoms with Crippen molar-refractivity contribution in [3.8, 4) is 5.75 Å². The molecule has 212 valence electrons. The number of carboxylic acids is 1. The van der Waals surface area contributed by atoms with E-state index in [4.69, 9.17) is 5.73 Å². The number of hydrogen-bond donors (Lipinski definition) is 6. The van der Waals surface area contributed by atoms with Crippen molar-refractivity contribution in [2.24, 2.45) is 17.6 Å². The molecule has 10 nitrogen and oxygen atoms in total. The lowest BCUT2D eigenvalue weighted by Gasteiger charge is -2.26. The summed E-state index contributed by atoms with van der Waals surface area (Å²) in [5.74, 6) is -3.04. The Morgan fingerprint density at radius 3 is 1.74 bits per heavy atom. The van der Waals surface area contributed by atoms with E-state index in [0.29, 0.717) is 5.56 Å². The van der Waals surface area contributed by atoms with Crippen LogP contribution in [0.15, 0.2) is 54.6 Å². The summed E-state index contributed by atoms with van der Waals surface area (Å²) >= 11 is 0. The van der Waals surface area contributed by atoms with Crippen LogP contribution >= 0.6 is 0 Å². The molecule has 7 N–H and O–H groups in total. The zero-order chi connectivity index (χ0) is 29.1. The van der Waals surface area contributed by atoms with E-state index in [1.807, 2.05) is 44.2 Å². The van der Waals surface area contributed by atoms with Crippen LogP contribution in [-0.2, 0) is 32.0 Å². The molecule has 2 aromatic rings. The van der Waals surface area contributed by atoms with E-state index in [1.54, 1.807) is 26.0 Å². The third-order valence-corrected chi connectivity index (χ3v) is 6.27. The molecule has 4 atom stereocenters.